The molecule has 0 atom stereocenters. The van der Waals surface area contributed by atoms with Gasteiger partial charge in [0.15, 0.2) is 0 Å². The third kappa shape index (κ3) is 6.28. The van der Waals surface area contributed by atoms with Gasteiger partial charge in [-0.05, 0) is 61.3 Å². The van der Waals surface area contributed by atoms with E-state index in [0.29, 0.717) is 12.5 Å². The van der Waals surface area contributed by atoms with Gasteiger partial charge in [0.2, 0.25) is 5.91 Å². The van der Waals surface area contributed by atoms with Gasteiger partial charge in [0, 0.05) is 57.6 Å². The van der Waals surface area contributed by atoms with Crippen LogP contribution in [0.3, 0.4) is 0 Å². The lowest BCUT2D eigenvalue weighted by atomic mass is 9.94. The van der Waals surface area contributed by atoms with Crippen LogP contribution in [0.4, 0.5) is 0 Å². The molecule has 2 saturated heterocycles. The Bertz CT molecular complexity index is 847. The Morgan fingerprint density at radius 2 is 1.62 bits per heavy atom. The lowest BCUT2D eigenvalue weighted by Crippen LogP contribution is -2.51. The van der Waals surface area contributed by atoms with E-state index in [9.17, 15) is 4.79 Å². The van der Waals surface area contributed by atoms with Crippen LogP contribution in [0.25, 0.3) is 0 Å². The smallest absolute Gasteiger partial charge is 0.225 e. The number of pyridine rings is 1. The van der Waals surface area contributed by atoms with Gasteiger partial charge in [0.1, 0.15) is 12.4 Å². The molecule has 1 N–H and O–H groups in total. The van der Waals surface area contributed by atoms with E-state index in [1.807, 2.05) is 30.6 Å². The van der Waals surface area contributed by atoms with Crippen LogP contribution in [0.15, 0.2) is 48.8 Å². The zero-order valence-electron chi connectivity index (χ0n) is 18.7. The number of hydrogen-bond donors (Lipinski definition) is 1. The van der Waals surface area contributed by atoms with Crippen LogP contribution in [0.2, 0.25) is 0 Å². The number of amides is 1. The van der Waals surface area contributed by atoms with Crippen LogP contribution in [-0.4, -0.2) is 83.2 Å². The van der Waals surface area contributed by atoms with Gasteiger partial charge in [0.25, 0.3) is 0 Å². The maximum Gasteiger partial charge on any atom is 0.225 e. The number of nitrogens with zero attached hydrogens (tertiary/aromatic N) is 4. The van der Waals surface area contributed by atoms with Gasteiger partial charge < -0.3 is 14.7 Å². The summed E-state index contributed by atoms with van der Waals surface area (Å²) in [5.74, 6) is 1.30. The minimum absolute atomic E-state index is 0.0178. The van der Waals surface area contributed by atoms with Crippen LogP contribution >= 0.6 is 0 Å². The van der Waals surface area contributed by atoms with E-state index in [1.54, 1.807) is 0 Å². The number of benzene rings is 1. The molecule has 1 amide bonds. The summed E-state index contributed by atoms with van der Waals surface area (Å²) < 4.78 is 5.51. The Kier molecular flexibility index (Phi) is 8.09. The highest BCUT2D eigenvalue weighted by atomic mass is 16.5. The second kappa shape index (κ2) is 11.4. The molecule has 1 aromatic carbocycles. The minimum Gasteiger partial charge on any atom is -0.491 e. The third-order valence-corrected chi connectivity index (χ3v) is 6.44. The standard InChI is InChI=1S/C25H34N4O3/c30-16-17-32-24-3-1-2-22(18-24)20-28-12-14-29(15-13-28)25(31)23-6-10-27(11-7-23)19-21-4-8-26-9-5-21/h1-5,8-9,18,23,30H,6-7,10-17,19-20H2. The summed E-state index contributed by atoms with van der Waals surface area (Å²) in [7, 11) is 0. The van der Waals surface area contributed by atoms with Gasteiger partial charge in [-0.3, -0.25) is 19.6 Å². The highest BCUT2D eigenvalue weighted by Gasteiger charge is 2.30. The van der Waals surface area contributed by atoms with E-state index in [0.717, 1.165) is 70.9 Å². The van der Waals surface area contributed by atoms with Crippen molar-refractivity contribution in [2.45, 2.75) is 25.9 Å². The topological polar surface area (TPSA) is 69.1 Å². The van der Waals surface area contributed by atoms with Gasteiger partial charge in [-0.15, -0.1) is 0 Å². The Morgan fingerprint density at radius 3 is 2.34 bits per heavy atom. The lowest BCUT2D eigenvalue weighted by molar-refractivity contribution is -0.139. The van der Waals surface area contributed by atoms with Crippen molar-refractivity contribution in [1.29, 1.82) is 0 Å². The molecule has 7 nitrogen and oxygen atoms in total. The second-order valence-electron chi connectivity index (χ2n) is 8.73. The number of ether oxygens (including phenoxy) is 1. The van der Waals surface area contributed by atoms with Gasteiger partial charge in [0.05, 0.1) is 6.61 Å². The summed E-state index contributed by atoms with van der Waals surface area (Å²) in [5.41, 5.74) is 2.48. The Morgan fingerprint density at radius 1 is 0.938 bits per heavy atom. The molecule has 0 unspecified atom stereocenters. The number of carbonyl (C=O) groups excluding carboxylic acids is 1. The molecule has 0 radical (unpaired) electrons. The fourth-order valence-corrected chi connectivity index (χ4v) is 4.62. The highest BCUT2D eigenvalue weighted by Crippen LogP contribution is 2.22. The first-order valence-electron chi connectivity index (χ1n) is 11.7. The van der Waals surface area contributed by atoms with Crippen molar-refractivity contribution in [2.24, 2.45) is 5.92 Å². The molecule has 2 fully saturated rings. The first-order chi connectivity index (χ1) is 15.7. The zero-order valence-corrected chi connectivity index (χ0v) is 18.7. The monoisotopic (exact) mass is 438 g/mol. The molecule has 4 rings (SSSR count). The molecule has 0 saturated carbocycles. The zero-order chi connectivity index (χ0) is 22.2. The van der Waals surface area contributed by atoms with Crippen LogP contribution < -0.4 is 4.74 Å². The summed E-state index contributed by atoms with van der Waals surface area (Å²) in [6, 6.07) is 12.2. The van der Waals surface area contributed by atoms with E-state index < -0.39 is 0 Å². The Labute approximate surface area is 190 Å². The number of likely N-dealkylation sites (tertiary alicyclic amines) is 1. The molecule has 0 bridgehead atoms. The molecule has 0 spiro atoms. The van der Waals surface area contributed by atoms with Gasteiger partial charge >= 0.3 is 0 Å². The second-order valence-corrected chi connectivity index (χ2v) is 8.73. The largest absolute Gasteiger partial charge is 0.491 e. The van der Waals surface area contributed by atoms with E-state index >= 15 is 0 Å². The van der Waals surface area contributed by atoms with E-state index in [2.05, 4.69) is 37.9 Å². The van der Waals surface area contributed by atoms with Crippen LogP contribution in [0, 0.1) is 5.92 Å². The predicted molar refractivity (Wildman–Crippen MR) is 123 cm³/mol. The molecule has 172 valence electrons. The van der Waals surface area contributed by atoms with E-state index in [4.69, 9.17) is 9.84 Å². The molecule has 1 aromatic heterocycles. The fraction of sp³-hybridized carbons (Fsp3) is 0.520. The van der Waals surface area contributed by atoms with Crippen molar-refractivity contribution in [1.82, 2.24) is 19.7 Å². The Balaban J connectivity index is 1.19. The van der Waals surface area contributed by atoms with Crippen molar-refractivity contribution in [3.63, 3.8) is 0 Å². The molecular formula is C25H34N4O3. The maximum absolute atomic E-state index is 13.1. The molecule has 0 aliphatic carbocycles. The van der Waals surface area contributed by atoms with Crippen molar-refractivity contribution in [2.75, 3.05) is 52.5 Å². The van der Waals surface area contributed by atoms with Crippen molar-refractivity contribution >= 4 is 5.91 Å². The molecule has 7 heteroatoms. The van der Waals surface area contributed by atoms with Crippen molar-refractivity contribution in [3.05, 3.63) is 59.9 Å². The first kappa shape index (κ1) is 22.7. The van der Waals surface area contributed by atoms with Crippen LogP contribution in [0.1, 0.15) is 24.0 Å². The summed E-state index contributed by atoms with van der Waals surface area (Å²) in [5, 5.41) is 8.92. The molecule has 32 heavy (non-hydrogen) atoms. The van der Waals surface area contributed by atoms with Crippen molar-refractivity contribution in [3.8, 4) is 5.75 Å². The molecule has 2 aliphatic rings. The summed E-state index contributed by atoms with van der Waals surface area (Å²) in [4.78, 5) is 24.1. The van der Waals surface area contributed by atoms with Gasteiger partial charge in [-0.1, -0.05) is 12.1 Å². The average Bonchev–Trinajstić information content (AvgIpc) is 2.84. The van der Waals surface area contributed by atoms with E-state index in [1.165, 1.54) is 11.1 Å². The molecule has 2 aromatic rings. The third-order valence-electron chi connectivity index (χ3n) is 6.44. The van der Waals surface area contributed by atoms with Gasteiger partial charge in [-0.25, -0.2) is 0 Å². The Hall–Kier alpha value is -2.48. The molecule has 3 heterocycles. The summed E-state index contributed by atoms with van der Waals surface area (Å²) in [6.45, 7) is 7.48. The molecular weight excluding hydrogens is 404 g/mol. The first-order valence-corrected chi connectivity index (χ1v) is 11.7. The lowest BCUT2D eigenvalue weighted by Gasteiger charge is -2.38. The van der Waals surface area contributed by atoms with Crippen LogP contribution in [-0.2, 0) is 17.9 Å². The number of piperidine rings is 1. The van der Waals surface area contributed by atoms with E-state index in [-0.39, 0.29) is 12.5 Å². The number of aromatic nitrogens is 1. The predicted octanol–water partition coefficient (Wildman–Crippen LogP) is 2.01. The fourth-order valence-electron chi connectivity index (χ4n) is 4.62. The number of hydrogen-bond acceptors (Lipinski definition) is 6. The SMILES string of the molecule is O=C(C1CCN(Cc2ccncc2)CC1)N1CCN(Cc2cccc(OCCO)c2)CC1. The van der Waals surface area contributed by atoms with Crippen LogP contribution in [0.5, 0.6) is 5.75 Å². The molecule has 2 aliphatic heterocycles. The van der Waals surface area contributed by atoms with Gasteiger partial charge in [-0.2, -0.15) is 0 Å². The number of piperazine rings is 1. The normalized spacial score (nSPS) is 18.6. The summed E-state index contributed by atoms with van der Waals surface area (Å²) in [6.07, 6.45) is 5.58. The average molecular weight is 439 g/mol. The maximum atomic E-state index is 13.1. The highest BCUT2D eigenvalue weighted by molar-refractivity contribution is 5.79. The number of aliphatic hydroxyl groups excluding tert-OH is 1. The number of aliphatic hydroxyl groups is 1. The number of carbonyl (C=O) groups is 1. The van der Waals surface area contributed by atoms with Crippen molar-refractivity contribution < 1.29 is 14.6 Å². The summed E-state index contributed by atoms with van der Waals surface area (Å²) >= 11 is 0. The minimum atomic E-state index is 0.0178. The number of rotatable bonds is 8. The quantitative estimate of drug-likeness (QED) is 0.680.